The fourth-order valence-electron chi connectivity index (χ4n) is 4.22. The third-order valence-electron chi connectivity index (χ3n) is 5.76. The van der Waals surface area contributed by atoms with Crippen molar-refractivity contribution in [1.29, 1.82) is 0 Å². The number of ether oxygens (including phenoxy) is 1. The van der Waals surface area contributed by atoms with Crippen LogP contribution in [0.15, 0.2) is 40.3 Å². The van der Waals surface area contributed by atoms with Crippen LogP contribution in [0.25, 0.3) is 0 Å². The van der Waals surface area contributed by atoms with Crippen LogP contribution in [-0.4, -0.2) is 44.6 Å². The molecule has 8 heteroatoms. The molecular formula is C20H27N3O4S. The number of hydrogen-bond acceptors (Lipinski definition) is 5. The van der Waals surface area contributed by atoms with Crippen molar-refractivity contribution in [1.82, 2.24) is 15.2 Å². The average molecular weight is 406 g/mol. The smallest absolute Gasteiger partial charge is 0.253 e. The Labute approximate surface area is 166 Å². The Hall–Kier alpha value is -1.74. The van der Waals surface area contributed by atoms with Gasteiger partial charge in [0.1, 0.15) is 6.17 Å². The monoisotopic (exact) mass is 405 g/mol. The van der Waals surface area contributed by atoms with Gasteiger partial charge >= 0.3 is 0 Å². The summed E-state index contributed by atoms with van der Waals surface area (Å²) in [6.45, 7) is 3.11. The van der Waals surface area contributed by atoms with Crippen LogP contribution in [0.2, 0.25) is 0 Å². The van der Waals surface area contributed by atoms with Crippen LogP contribution in [0, 0.1) is 6.92 Å². The third kappa shape index (κ3) is 3.87. The Kier molecular flexibility index (Phi) is 5.55. The zero-order chi connectivity index (χ0) is 19.7. The molecule has 1 saturated heterocycles. The highest BCUT2D eigenvalue weighted by Gasteiger charge is 2.41. The minimum atomic E-state index is -3.72. The van der Waals surface area contributed by atoms with E-state index in [2.05, 4.69) is 10.3 Å². The molecule has 2 aliphatic heterocycles. The number of rotatable bonds is 6. The van der Waals surface area contributed by atoms with Crippen molar-refractivity contribution in [2.24, 2.45) is 0 Å². The molecule has 1 aromatic carbocycles. The van der Waals surface area contributed by atoms with Crippen LogP contribution in [0.3, 0.4) is 0 Å². The van der Waals surface area contributed by atoms with E-state index in [0.717, 1.165) is 61.8 Å². The van der Waals surface area contributed by atoms with Crippen molar-refractivity contribution in [2.45, 2.75) is 62.6 Å². The lowest BCUT2D eigenvalue weighted by atomic mass is 9.92. The molecule has 0 spiro atoms. The Morgan fingerprint density at radius 3 is 2.61 bits per heavy atom. The van der Waals surface area contributed by atoms with Crippen LogP contribution >= 0.6 is 0 Å². The van der Waals surface area contributed by atoms with Crippen LogP contribution < -0.4 is 10.3 Å². The molecule has 2 heterocycles. The maximum absolute atomic E-state index is 13.0. The molecule has 3 aliphatic rings. The van der Waals surface area contributed by atoms with Crippen molar-refractivity contribution >= 4 is 15.9 Å². The number of hydrazine groups is 1. The molecule has 152 valence electrons. The summed E-state index contributed by atoms with van der Waals surface area (Å²) < 4.78 is 31.1. The van der Waals surface area contributed by atoms with E-state index in [4.69, 9.17) is 4.74 Å². The van der Waals surface area contributed by atoms with Crippen LogP contribution in [-0.2, 0) is 19.6 Å². The SMILES string of the molecule is Cc1ccc(S(=O)(=O)NN[C@@H]2C3=C(CCCC3)C(=O)N2C[C@H]2CCCO2)cc1. The van der Waals surface area contributed by atoms with Gasteiger partial charge in [-0.25, -0.2) is 13.8 Å². The van der Waals surface area contributed by atoms with E-state index in [-0.39, 0.29) is 16.9 Å². The Morgan fingerprint density at radius 2 is 1.89 bits per heavy atom. The van der Waals surface area contributed by atoms with E-state index in [1.54, 1.807) is 29.2 Å². The van der Waals surface area contributed by atoms with Crippen molar-refractivity contribution in [2.75, 3.05) is 13.2 Å². The number of amides is 1. The second-order valence-electron chi connectivity index (χ2n) is 7.77. The number of carbonyl (C=O) groups excluding carboxylic acids is 1. The summed E-state index contributed by atoms with van der Waals surface area (Å²) in [5.41, 5.74) is 5.79. The van der Waals surface area contributed by atoms with Crippen LogP contribution in [0.1, 0.15) is 44.1 Å². The molecule has 0 saturated carbocycles. The molecule has 2 atom stereocenters. The molecule has 4 rings (SSSR count). The van der Waals surface area contributed by atoms with Gasteiger partial charge in [0.25, 0.3) is 15.9 Å². The van der Waals surface area contributed by atoms with Gasteiger partial charge in [0, 0.05) is 18.7 Å². The second kappa shape index (κ2) is 7.94. The average Bonchev–Trinajstić information content (AvgIpc) is 3.29. The quantitative estimate of drug-likeness (QED) is 0.707. The van der Waals surface area contributed by atoms with Gasteiger partial charge in [0.2, 0.25) is 0 Å². The highest BCUT2D eigenvalue weighted by Crippen LogP contribution is 2.36. The normalized spacial score (nSPS) is 25.5. The lowest BCUT2D eigenvalue weighted by Gasteiger charge is -2.30. The number of benzene rings is 1. The molecule has 0 bridgehead atoms. The molecule has 1 amide bonds. The van der Waals surface area contributed by atoms with Gasteiger partial charge in [-0.05, 0) is 63.2 Å². The summed E-state index contributed by atoms with van der Waals surface area (Å²) in [5, 5.41) is 0. The molecule has 0 radical (unpaired) electrons. The van der Waals surface area contributed by atoms with Gasteiger partial charge < -0.3 is 9.64 Å². The largest absolute Gasteiger partial charge is 0.376 e. The first-order chi connectivity index (χ1) is 13.5. The predicted molar refractivity (Wildman–Crippen MR) is 105 cm³/mol. The molecule has 0 aromatic heterocycles. The summed E-state index contributed by atoms with van der Waals surface area (Å²) in [4.78, 5) is 17.4. The molecule has 1 fully saturated rings. The third-order valence-corrected chi connectivity index (χ3v) is 7.04. The number of sulfonamides is 1. The number of nitrogens with zero attached hydrogens (tertiary/aromatic N) is 1. The minimum Gasteiger partial charge on any atom is -0.376 e. The van der Waals surface area contributed by atoms with Gasteiger partial charge in [-0.3, -0.25) is 4.79 Å². The van der Waals surface area contributed by atoms with Crippen molar-refractivity contribution in [3.8, 4) is 0 Å². The molecule has 2 N–H and O–H groups in total. The summed E-state index contributed by atoms with van der Waals surface area (Å²) in [7, 11) is -3.72. The maximum atomic E-state index is 13.0. The van der Waals surface area contributed by atoms with Gasteiger partial charge in [-0.15, -0.1) is 4.83 Å². The lowest BCUT2D eigenvalue weighted by molar-refractivity contribution is -0.129. The van der Waals surface area contributed by atoms with E-state index in [1.807, 2.05) is 6.92 Å². The first-order valence-electron chi connectivity index (χ1n) is 9.94. The summed E-state index contributed by atoms with van der Waals surface area (Å²) >= 11 is 0. The maximum Gasteiger partial charge on any atom is 0.253 e. The van der Waals surface area contributed by atoms with E-state index < -0.39 is 16.2 Å². The highest BCUT2D eigenvalue weighted by molar-refractivity contribution is 7.89. The molecular weight excluding hydrogens is 378 g/mol. The van der Waals surface area contributed by atoms with E-state index in [0.29, 0.717) is 6.54 Å². The topological polar surface area (TPSA) is 87.7 Å². The summed E-state index contributed by atoms with van der Waals surface area (Å²) in [6.07, 6.45) is 5.08. The highest BCUT2D eigenvalue weighted by atomic mass is 32.2. The van der Waals surface area contributed by atoms with Gasteiger partial charge in [0.15, 0.2) is 0 Å². The van der Waals surface area contributed by atoms with Gasteiger partial charge in [-0.2, -0.15) is 0 Å². The summed E-state index contributed by atoms with van der Waals surface area (Å²) in [5.74, 6) is 0.0113. The minimum absolute atomic E-state index is 0.0113. The van der Waals surface area contributed by atoms with Crippen molar-refractivity contribution < 1.29 is 17.9 Å². The van der Waals surface area contributed by atoms with E-state index >= 15 is 0 Å². The number of nitrogens with one attached hydrogen (secondary N) is 2. The number of aryl methyl sites for hydroxylation is 1. The van der Waals surface area contributed by atoms with Crippen molar-refractivity contribution in [3.63, 3.8) is 0 Å². The predicted octanol–water partition coefficient (Wildman–Crippen LogP) is 2.00. The Balaban J connectivity index is 1.53. The first-order valence-corrected chi connectivity index (χ1v) is 11.4. The molecule has 0 unspecified atom stereocenters. The Morgan fingerprint density at radius 1 is 1.14 bits per heavy atom. The molecule has 1 aromatic rings. The lowest BCUT2D eigenvalue weighted by Crippen LogP contribution is -2.54. The van der Waals surface area contributed by atoms with E-state index in [9.17, 15) is 13.2 Å². The van der Waals surface area contributed by atoms with Crippen LogP contribution in [0.4, 0.5) is 0 Å². The zero-order valence-electron chi connectivity index (χ0n) is 16.1. The standard InChI is InChI=1S/C20H27N3O4S/c1-14-8-10-16(11-9-14)28(25,26)22-21-19-17-6-2-3-7-18(17)20(24)23(19)13-15-5-4-12-27-15/h8-11,15,19,21-22H,2-7,12-13H2,1H3/t15-,19+/m1/s1. The molecule has 1 aliphatic carbocycles. The number of carbonyl (C=O) groups is 1. The van der Waals surface area contributed by atoms with Gasteiger partial charge in [-0.1, -0.05) is 17.7 Å². The molecule has 7 nitrogen and oxygen atoms in total. The Bertz CT molecular complexity index is 873. The van der Waals surface area contributed by atoms with Crippen LogP contribution in [0.5, 0.6) is 0 Å². The summed E-state index contributed by atoms with van der Waals surface area (Å²) in [6, 6.07) is 6.68. The van der Waals surface area contributed by atoms with Gasteiger partial charge in [0.05, 0.1) is 11.0 Å². The van der Waals surface area contributed by atoms with E-state index in [1.165, 1.54) is 0 Å². The first kappa shape index (κ1) is 19.6. The number of hydrogen-bond donors (Lipinski definition) is 2. The van der Waals surface area contributed by atoms with Crippen molar-refractivity contribution in [3.05, 3.63) is 41.0 Å². The second-order valence-corrected chi connectivity index (χ2v) is 9.45. The fourth-order valence-corrected chi connectivity index (χ4v) is 5.10. The zero-order valence-corrected chi connectivity index (χ0v) is 16.9. The fraction of sp³-hybridized carbons (Fsp3) is 0.550. The molecule has 28 heavy (non-hydrogen) atoms.